The van der Waals surface area contributed by atoms with Gasteiger partial charge in [-0.2, -0.15) is 0 Å². The third-order valence-electron chi connectivity index (χ3n) is 7.80. The van der Waals surface area contributed by atoms with Gasteiger partial charge < -0.3 is 20.0 Å². The monoisotopic (exact) mass is 512 g/mol. The maximum Gasteiger partial charge on any atom is 0.250 e. The highest BCUT2D eigenvalue weighted by molar-refractivity contribution is 5.96. The lowest BCUT2D eigenvalue weighted by Crippen LogP contribution is -2.57. The molecule has 1 aromatic carbocycles. The minimum atomic E-state index is -0.700. The standard InChI is InChI=1S/C30H48N4O3/c1-4-5-6-7-8-9-10-11-15-18-28(36)32-21-19-30(20-22-32)29(37)33(23-27(35)31-25(2)3)24-34(30)26-16-13-12-14-17-26/h12-14,16-17,25H,4-11,15,18-24H2,1-3H3,(H,31,35). The minimum Gasteiger partial charge on any atom is -0.352 e. The van der Waals surface area contributed by atoms with E-state index < -0.39 is 5.54 Å². The van der Waals surface area contributed by atoms with Crippen molar-refractivity contribution < 1.29 is 14.4 Å². The number of unbranched alkanes of at least 4 members (excludes halogenated alkanes) is 8. The van der Waals surface area contributed by atoms with Gasteiger partial charge in [0.15, 0.2) is 0 Å². The van der Waals surface area contributed by atoms with Crippen LogP contribution in [-0.2, 0) is 14.4 Å². The zero-order chi connectivity index (χ0) is 26.7. The Labute approximate surface area is 223 Å². The molecule has 2 heterocycles. The van der Waals surface area contributed by atoms with Crippen LogP contribution in [0, 0.1) is 0 Å². The summed E-state index contributed by atoms with van der Waals surface area (Å²) in [5.74, 6) is 0.0750. The van der Waals surface area contributed by atoms with E-state index in [2.05, 4.69) is 17.1 Å². The van der Waals surface area contributed by atoms with Gasteiger partial charge in [-0.1, -0.05) is 76.5 Å². The lowest BCUT2D eigenvalue weighted by Gasteiger charge is -2.43. The Morgan fingerprint density at radius 1 is 0.919 bits per heavy atom. The molecule has 2 aliphatic rings. The first-order valence-electron chi connectivity index (χ1n) is 14.6. The number of amides is 3. The van der Waals surface area contributed by atoms with Crippen molar-refractivity contribution >= 4 is 23.4 Å². The van der Waals surface area contributed by atoms with Crippen LogP contribution in [0.4, 0.5) is 5.69 Å². The van der Waals surface area contributed by atoms with Gasteiger partial charge in [-0.15, -0.1) is 0 Å². The zero-order valence-electron chi connectivity index (χ0n) is 23.3. The molecule has 2 saturated heterocycles. The summed E-state index contributed by atoms with van der Waals surface area (Å²) in [5, 5.41) is 2.90. The topological polar surface area (TPSA) is 73.0 Å². The molecule has 0 aliphatic carbocycles. The number of nitrogens with zero attached hydrogens (tertiary/aromatic N) is 3. The summed E-state index contributed by atoms with van der Waals surface area (Å²) in [6, 6.07) is 10.00. The highest BCUT2D eigenvalue weighted by atomic mass is 16.2. The normalized spacial score (nSPS) is 17.2. The molecule has 7 heteroatoms. The summed E-state index contributed by atoms with van der Waals surface area (Å²) in [6.07, 6.45) is 12.9. The van der Waals surface area contributed by atoms with Crippen LogP contribution in [0.5, 0.6) is 0 Å². The van der Waals surface area contributed by atoms with Crippen LogP contribution in [0.15, 0.2) is 30.3 Å². The highest BCUT2D eigenvalue weighted by Gasteiger charge is 2.54. The summed E-state index contributed by atoms with van der Waals surface area (Å²) < 4.78 is 0. The number of para-hydroxylation sites is 1. The van der Waals surface area contributed by atoms with E-state index in [1.165, 1.54) is 44.9 Å². The fraction of sp³-hybridized carbons (Fsp3) is 0.700. The Kier molecular flexibility index (Phi) is 11.3. The summed E-state index contributed by atoms with van der Waals surface area (Å²) in [6.45, 7) is 7.69. The maximum atomic E-state index is 13.7. The van der Waals surface area contributed by atoms with E-state index >= 15 is 0 Å². The fourth-order valence-corrected chi connectivity index (χ4v) is 5.73. The van der Waals surface area contributed by atoms with Gasteiger partial charge >= 0.3 is 0 Å². The molecule has 0 unspecified atom stereocenters. The number of hydrogen-bond donors (Lipinski definition) is 1. The van der Waals surface area contributed by atoms with Gasteiger partial charge in [0.25, 0.3) is 5.91 Å². The van der Waals surface area contributed by atoms with Gasteiger partial charge in [0, 0.05) is 31.2 Å². The number of carbonyl (C=O) groups is 3. The average Bonchev–Trinajstić information content (AvgIpc) is 3.14. The molecule has 0 atom stereocenters. The minimum absolute atomic E-state index is 0.00120. The number of carbonyl (C=O) groups excluding carboxylic acids is 3. The molecule has 0 radical (unpaired) electrons. The second-order valence-electron chi connectivity index (χ2n) is 11.1. The van der Waals surface area contributed by atoms with Crippen molar-refractivity contribution in [1.29, 1.82) is 0 Å². The summed E-state index contributed by atoms with van der Waals surface area (Å²) in [5.41, 5.74) is 0.283. The number of likely N-dealkylation sites (tertiary alicyclic amines) is 1. The van der Waals surface area contributed by atoms with Crippen LogP contribution in [0.2, 0.25) is 0 Å². The molecule has 1 spiro atoms. The Balaban J connectivity index is 1.52. The van der Waals surface area contributed by atoms with Crippen molar-refractivity contribution in [1.82, 2.24) is 15.1 Å². The first-order valence-corrected chi connectivity index (χ1v) is 14.6. The molecule has 3 rings (SSSR count). The number of anilines is 1. The molecular weight excluding hydrogens is 464 g/mol. The number of piperidine rings is 1. The second-order valence-corrected chi connectivity index (χ2v) is 11.1. The molecule has 206 valence electrons. The van der Waals surface area contributed by atoms with Crippen molar-refractivity contribution in [2.24, 2.45) is 0 Å². The van der Waals surface area contributed by atoms with E-state index in [1.807, 2.05) is 49.1 Å². The molecule has 2 fully saturated rings. The Morgan fingerprint density at radius 2 is 1.51 bits per heavy atom. The number of rotatable bonds is 14. The molecule has 1 N–H and O–H groups in total. The largest absolute Gasteiger partial charge is 0.352 e. The van der Waals surface area contributed by atoms with Gasteiger partial charge in [0.05, 0.1) is 6.67 Å². The first kappa shape index (κ1) is 29.0. The van der Waals surface area contributed by atoms with E-state index in [9.17, 15) is 14.4 Å². The third-order valence-corrected chi connectivity index (χ3v) is 7.80. The quantitative estimate of drug-likeness (QED) is 0.352. The van der Waals surface area contributed by atoms with Gasteiger partial charge in [0.1, 0.15) is 12.1 Å². The van der Waals surface area contributed by atoms with Crippen molar-refractivity contribution in [3.8, 4) is 0 Å². The molecule has 0 saturated carbocycles. The highest BCUT2D eigenvalue weighted by Crippen LogP contribution is 2.39. The fourth-order valence-electron chi connectivity index (χ4n) is 5.73. The smallest absolute Gasteiger partial charge is 0.250 e. The van der Waals surface area contributed by atoms with E-state index in [0.717, 1.165) is 18.5 Å². The van der Waals surface area contributed by atoms with E-state index in [0.29, 0.717) is 39.0 Å². The van der Waals surface area contributed by atoms with Crippen LogP contribution >= 0.6 is 0 Å². The molecule has 0 bridgehead atoms. The van der Waals surface area contributed by atoms with Crippen molar-refractivity contribution in [3.05, 3.63) is 30.3 Å². The summed E-state index contributed by atoms with van der Waals surface area (Å²) in [4.78, 5) is 44.9. The van der Waals surface area contributed by atoms with Crippen molar-refractivity contribution in [2.45, 2.75) is 109 Å². The Hall–Kier alpha value is -2.57. The van der Waals surface area contributed by atoms with Crippen LogP contribution in [0.1, 0.15) is 97.8 Å². The van der Waals surface area contributed by atoms with Crippen LogP contribution in [0.25, 0.3) is 0 Å². The number of nitrogens with one attached hydrogen (secondary N) is 1. The van der Waals surface area contributed by atoms with Crippen LogP contribution in [-0.4, -0.2) is 65.4 Å². The molecule has 1 aromatic rings. The van der Waals surface area contributed by atoms with E-state index in [4.69, 9.17) is 0 Å². The predicted molar refractivity (Wildman–Crippen MR) is 149 cm³/mol. The third kappa shape index (κ3) is 7.96. The van der Waals surface area contributed by atoms with Gasteiger partial charge in [-0.3, -0.25) is 14.4 Å². The van der Waals surface area contributed by atoms with Crippen LogP contribution in [0.3, 0.4) is 0 Å². The van der Waals surface area contributed by atoms with Crippen molar-refractivity contribution in [2.75, 3.05) is 31.2 Å². The molecule has 2 aliphatic heterocycles. The van der Waals surface area contributed by atoms with Gasteiger partial charge in [-0.25, -0.2) is 0 Å². The van der Waals surface area contributed by atoms with Crippen LogP contribution < -0.4 is 10.2 Å². The second kappa shape index (κ2) is 14.4. The lowest BCUT2D eigenvalue weighted by atomic mass is 9.85. The SMILES string of the molecule is CCCCCCCCCCCC(=O)N1CCC2(CC1)C(=O)N(CC(=O)NC(C)C)CN2c1ccccc1. The lowest BCUT2D eigenvalue weighted by molar-refractivity contribution is -0.140. The molecular formula is C30H48N4O3. The maximum absolute atomic E-state index is 13.7. The first-order chi connectivity index (χ1) is 17.9. The molecule has 7 nitrogen and oxygen atoms in total. The summed E-state index contributed by atoms with van der Waals surface area (Å²) >= 11 is 0. The van der Waals surface area contributed by atoms with E-state index in [1.54, 1.807) is 4.90 Å². The van der Waals surface area contributed by atoms with E-state index in [-0.39, 0.29) is 30.3 Å². The number of benzene rings is 1. The predicted octanol–water partition coefficient (Wildman–Crippen LogP) is 5.10. The van der Waals surface area contributed by atoms with Crippen molar-refractivity contribution in [3.63, 3.8) is 0 Å². The Bertz CT molecular complexity index is 865. The molecule has 37 heavy (non-hydrogen) atoms. The number of hydrogen-bond acceptors (Lipinski definition) is 4. The molecule has 3 amide bonds. The Morgan fingerprint density at radius 3 is 2.11 bits per heavy atom. The molecule has 0 aromatic heterocycles. The average molecular weight is 513 g/mol. The van der Waals surface area contributed by atoms with Gasteiger partial charge in [0.2, 0.25) is 11.8 Å². The summed E-state index contributed by atoms with van der Waals surface area (Å²) in [7, 11) is 0. The zero-order valence-corrected chi connectivity index (χ0v) is 23.3. The van der Waals surface area contributed by atoms with Gasteiger partial charge in [-0.05, 0) is 45.2 Å².